The van der Waals surface area contributed by atoms with E-state index in [1.807, 2.05) is 48.5 Å². The van der Waals surface area contributed by atoms with Gasteiger partial charge in [0.05, 0.1) is 6.04 Å². The average Bonchev–Trinajstić information content (AvgIpc) is 3.53. The van der Waals surface area contributed by atoms with Crippen molar-refractivity contribution in [2.24, 2.45) is 0 Å². The number of fused-ring (bicyclic) bond motifs is 1. The predicted octanol–water partition coefficient (Wildman–Crippen LogP) is 6.42. The number of H-pyrrole nitrogens is 1. The molecule has 4 aromatic carbocycles. The molecule has 0 bridgehead atoms. The SMILES string of the molecule is CN1CCC(N2CCN(c3ccc(-c4cccc(C(=O)NC(c5cc6ccccc6[nH]5)c5cc(F)ccc5O)c4)cc3)CC2)CC1. The van der Waals surface area contributed by atoms with Crippen LogP contribution in [0.4, 0.5) is 10.1 Å². The number of aromatic amines is 1. The van der Waals surface area contributed by atoms with E-state index in [1.165, 1.54) is 49.8 Å². The number of phenolic OH excluding ortho intramolecular Hbond substituents is 1. The van der Waals surface area contributed by atoms with Crippen LogP contribution < -0.4 is 10.2 Å². The van der Waals surface area contributed by atoms with Gasteiger partial charge in [0.25, 0.3) is 5.91 Å². The highest BCUT2D eigenvalue weighted by atomic mass is 19.1. The van der Waals surface area contributed by atoms with Crippen molar-refractivity contribution in [2.75, 3.05) is 51.2 Å². The molecule has 236 valence electrons. The van der Waals surface area contributed by atoms with E-state index in [-0.39, 0.29) is 17.2 Å². The molecule has 7 rings (SSSR count). The Morgan fingerprint density at radius 1 is 0.848 bits per heavy atom. The number of para-hydroxylation sites is 1. The standard InChI is InChI=1S/C38H40FN5O2/c1-42-17-15-32(16-18-42)44-21-19-43(20-22-44)31-12-9-26(10-13-31)27-6-4-7-29(23-27)38(46)41-37(33-25-30(39)11-14-36(33)45)35-24-28-5-2-3-8-34(28)40-35/h2-14,23-25,32,37,40,45H,15-22H2,1H3,(H,41,46). The van der Waals surface area contributed by atoms with E-state index in [4.69, 9.17) is 0 Å². The predicted molar refractivity (Wildman–Crippen MR) is 182 cm³/mol. The number of aromatic hydroxyl groups is 1. The van der Waals surface area contributed by atoms with Crippen LogP contribution in [0.1, 0.15) is 40.5 Å². The Bertz CT molecular complexity index is 1790. The fourth-order valence-corrected chi connectivity index (χ4v) is 6.96. The molecule has 0 radical (unpaired) electrons. The molecule has 2 aliphatic heterocycles. The van der Waals surface area contributed by atoms with Crippen molar-refractivity contribution in [3.8, 4) is 16.9 Å². The summed E-state index contributed by atoms with van der Waals surface area (Å²) in [7, 11) is 2.21. The maximum Gasteiger partial charge on any atom is 0.252 e. The molecule has 3 N–H and O–H groups in total. The zero-order valence-corrected chi connectivity index (χ0v) is 26.1. The van der Waals surface area contributed by atoms with Gasteiger partial charge < -0.3 is 25.2 Å². The van der Waals surface area contributed by atoms with Gasteiger partial charge in [0, 0.05) is 60.2 Å². The van der Waals surface area contributed by atoms with E-state index < -0.39 is 11.9 Å². The maximum atomic E-state index is 14.3. The first-order valence-electron chi connectivity index (χ1n) is 16.2. The van der Waals surface area contributed by atoms with Gasteiger partial charge in [-0.05, 0) is 104 Å². The second-order valence-electron chi connectivity index (χ2n) is 12.6. The number of anilines is 1. The Kier molecular flexibility index (Phi) is 8.47. The Labute approximate surface area is 269 Å². The Hall–Kier alpha value is -4.66. The van der Waals surface area contributed by atoms with Crippen molar-refractivity contribution in [1.82, 2.24) is 20.1 Å². The number of amides is 1. The van der Waals surface area contributed by atoms with E-state index in [9.17, 15) is 14.3 Å². The number of carbonyl (C=O) groups is 1. The number of rotatable bonds is 7. The van der Waals surface area contributed by atoms with Crippen LogP contribution >= 0.6 is 0 Å². The van der Waals surface area contributed by atoms with Crippen LogP contribution in [-0.2, 0) is 0 Å². The van der Waals surface area contributed by atoms with Crippen LogP contribution in [0.15, 0.2) is 97.1 Å². The average molecular weight is 618 g/mol. The first-order valence-corrected chi connectivity index (χ1v) is 16.2. The van der Waals surface area contributed by atoms with E-state index in [0.29, 0.717) is 17.3 Å². The number of piperidine rings is 1. The van der Waals surface area contributed by atoms with Gasteiger partial charge in [-0.1, -0.05) is 42.5 Å². The number of aromatic nitrogens is 1. The number of nitrogens with zero attached hydrogens (tertiary/aromatic N) is 3. The first kappa shape index (κ1) is 30.0. The number of hydrogen-bond donors (Lipinski definition) is 3. The highest BCUT2D eigenvalue weighted by Gasteiger charge is 2.27. The first-order chi connectivity index (χ1) is 22.4. The highest BCUT2D eigenvalue weighted by molar-refractivity contribution is 5.96. The molecule has 1 aromatic heterocycles. The lowest BCUT2D eigenvalue weighted by Gasteiger charge is -2.42. The number of carbonyl (C=O) groups excluding carboxylic acids is 1. The molecular weight excluding hydrogens is 577 g/mol. The summed E-state index contributed by atoms with van der Waals surface area (Å²) in [6.45, 7) is 6.63. The van der Waals surface area contributed by atoms with Gasteiger partial charge in [0.15, 0.2) is 0 Å². The number of phenols is 1. The fraction of sp³-hybridized carbons (Fsp3) is 0.289. The van der Waals surface area contributed by atoms with Gasteiger partial charge >= 0.3 is 0 Å². The quantitative estimate of drug-likeness (QED) is 0.197. The molecule has 0 spiro atoms. The minimum Gasteiger partial charge on any atom is -0.508 e. The van der Waals surface area contributed by atoms with Gasteiger partial charge in [-0.25, -0.2) is 4.39 Å². The van der Waals surface area contributed by atoms with Gasteiger partial charge in [0.1, 0.15) is 11.6 Å². The Balaban J connectivity index is 1.06. The fourth-order valence-electron chi connectivity index (χ4n) is 6.96. The minimum absolute atomic E-state index is 0.0950. The van der Waals surface area contributed by atoms with E-state index in [2.05, 4.69) is 56.3 Å². The zero-order chi connectivity index (χ0) is 31.6. The second-order valence-corrected chi connectivity index (χ2v) is 12.6. The van der Waals surface area contributed by atoms with Gasteiger partial charge in [-0.3, -0.25) is 9.69 Å². The van der Waals surface area contributed by atoms with Crippen molar-refractivity contribution in [3.05, 3.63) is 120 Å². The smallest absolute Gasteiger partial charge is 0.252 e. The van der Waals surface area contributed by atoms with Crippen molar-refractivity contribution in [3.63, 3.8) is 0 Å². The Morgan fingerprint density at radius 3 is 2.37 bits per heavy atom. The molecule has 3 heterocycles. The summed E-state index contributed by atoms with van der Waals surface area (Å²) in [6.07, 6.45) is 2.53. The van der Waals surface area contributed by atoms with Gasteiger partial charge in [0.2, 0.25) is 0 Å². The van der Waals surface area contributed by atoms with Crippen LogP contribution in [0.3, 0.4) is 0 Å². The molecule has 2 aliphatic rings. The van der Waals surface area contributed by atoms with Gasteiger partial charge in [-0.2, -0.15) is 0 Å². The molecule has 0 saturated carbocycles. The van der Waals surface area contributed by atoms with Crippen LogP contribution in [0, 0.1) is 5.82 Å². The summed E-state index contributed by atoms with van der Waals surface area (Å²) >= 11 is 0. The lowest BCUT2D eigenvalue weighted by atomic mass is 10.00. The summed E-state index contributed by atoms with van der Waals surface area (Å²) in [5.74, 6) is -0.913. The highest BCUT2D eigenvalue weighted by Crippen LogP contribution is 2.32. The second kappa shape index (κ2) is 13.0. The topological polar surface area (TPSA) is 74.8 Å². The molecule has 0 aliphatic carbocycles. The Morgan fingerprint density at radius 2 is 1.61 bits per heavy atom. The van der Waals surface area contributed by atoms with Crippen LogP contribution in [0.5, 0.6) is 5.75 Å². The molecular formula is C38H40FN5O2. The molecule has 1 amide bonds. The number of benzene rings is 4. The number of halogens is 1. The van der Waals surface area contributed by atoms with Crippen molar-refractivity contribution >= 4 is 22.5 Å². The molecule has 7 nitrogen and oxygen atoms in total. The van der Waals surface area contributed by atoms with Crippen LogP contribution in [0.2, 0.25) is 0 Å². The lowest BCUT2D eigenvalue weighted by Crippen LogP contribution is -2.52. The lowest BCUT2D eigenvalue weighted by molar-refractivity contribution is 0.0942. The third-order valence-electron chi connectivity index (χ3n) is 9.65. The van der Waals surface area contributed by atoms with Gasteiger partial charge in [-0.15, -0.1) is 0 Å². The largest absolute Gasteiger partial charge is 0.508 e. The molecule has 1 atom stereocenters. The minimum atomic E-state index is -0.793. The normalized spacial score (nSPS) is 17.3. The van der Waals surface area contributed by atoms with Crippen LogP contribution in [-0.4, -0.2) is 78.2 Å². The van der Waals surface area contributed by atoms with E-state index in [0.717, 1.165) is 48.2 Å². The van der Waals surface area contributed by atoms with E-state index in [1.54, 1.807) is 6.07 Å². The molecule has 2 fully saturated rings. The van der Waals surface area contributed by atoms with Crippen molar-refractivity contribution in [2.45, 2.75) is 24.9 Å². The van der Waals surface area contributed by atoms with Crippen molar-refractivity contribution in [1.29, 1.82) is 0 Å². The number of piperazine rings is 1. The zero-order valence-electron chi connectivity index (χ0n) is 26.1. The molecule has 46 heavy (non-hydrogen) atoms. The third-order valence-corrected chi connectivity index (χ3v) is 9.65. The maximum absolute atomic E-state index is 14.3. The summed E-state index contributed by atoms with van der Waals surface area (Å²) in [5, 5.41) is 14.7. The van der Waals surface area contributed by atoms with Crippen molar-refractivity contribution < 1.29 is 14.3 Å². The summed E-state index contributed by atoms with van der Waals surface area (Å²) < 4.78 is 14.3. The number of nitrogens with one attached hydrogen (secondary N) is 2. The molecule has 8 heteroatoms. The number of likely N-dealkylation sites (tertiary alicyclic amines) is 1. The third kappa shape index (κ3) is 6.36. The molecule has 1 unspecified atom stereocenters. The monoisotopic (exact) mass is 617 g/mol. The summed E-state index contributed by atoms with van der Waals surface area (Å²) in [4.78, 5) is 24.6. The molecule has 2 saturated heterocycles. The summed E-state index contributed by atoms with van der Waals surface area (Å²) in [6, 6.07) is 29.5. The van der Waals surface area contributed by atoms with E-state index >= 15 is 0 Å². The molecule has 5 aromatic rings. The number of hydrogen-bond acceptors (Lipinski definition) is 5. The van der Waals surface area contributed by atoms with Crippen LogP contribution in [0.25, 0.3) is 22.0 Å². The summed E-state index contributed by atoms with van der Waals surface area (Å²) in [5.41, 5.74) is 5.46.